The Hall–Kier alpha value is -0.840. The van der Waals surface area contributed by atoms with Crippen LogP contribution >= 0.6 is 23.2 Å². The lowest BCUT2D eigenvalue weighted by Gasteiger charge is -2.19. The van der Waals surface area contributed by atoms with Crippen LogP contribution in [0.1, 0.15) is 25.2 Å². The van der Waals surface area contributed by atoms with Crippen LogP contribution < -0.4 is 0 Å². The summed E-state index contributed by atoms with van der Waals surface area (Å²) in [5.74, 6) is 0.482. The summed E-state index contributed by atoms with van der Waals surface area (Å²) in [6, 6.07) is 3.03. The van der Waals surface area contributed by atoms with Crippen LogP contribution in [0.25, 0.3) is 11.0 Å². The van der Waals surface area contributed by atoms with Crippen molar-refractivity contribution >= 4 is 34.2 Å². The van der Waals surface area contributed by atoms with E-state index in [9.17, 15) is 4.39 Å². The smallest absolute Gasteiger partial charge is 0.144 e. The summed E-state index contributed by atoms with van der Waals surface area (Å²) < 4.78 is 20.7. The van der Waals surface area contributed by atoms with E-state index in [1.54, 1.807) is 13.2 Å². The number of rotatable bonds is 5. The van der Waals surface area contributed by atoms with Crippen LogP contribution in [0.15, 0.2) is 12.1 Å². The summed E-state index contributed by atoms with van der Waals surface area (Å²) >= 11 is 11.8. The van der Waals surface area contributed by atoms with Gasteiger partial charge in [-0.15, -0.1) is 11.6 Å². The number of aromatic nitrogens is 2. The van der Waals surface area contributed by atoms with Crippen molar-refractivity contribution in [1.82, 2.24) is 9.55 Å². The molecule has 1 aromatic heterocycles. The molecule has 1 heterocycles. The van der Waals surface area contributed by atoms with Crippen molar-refractivity contribution in [2.45, 2.75) is 25.3 Å². The number of ether oxygens (including phenoxy) is 1. The van der Waals surface area contributed by atoms with Crippen molar-refractivity contribution in [1.29, 1.82) is 0 Å². The maximum absolute atomic E-state index is 13.5. The average Bonchev–Trinajstić information content (AvgIpc) is 2.74. The molecule has 0 saturated heterocycles. The van der Waals surface area contributed by atoms with E-state index in [0.29, 0.717) is 17.9 Å². The van der Waals surface area contributed by atoms with Crippen molar-refractivity contribution < 1.29 is 9.13 Å². The van der Waals surface area contributed by atoms with Crippen molar-refractivity contribution in [2.24, 2.45) is 0 Å². The van der Waals surface area contributed by atoms with Crippen molar-refractivity contribution in [3.63, 3.8) is 0 Å². The van der Waals surface area contributed by atoms with Gasteiger partial charge in [0.25, 0.3) is 0 Å². The van der Waals surface area contributed by atoms with Gasteiger partial charge >= 0.3 is 0 Å². The molecular weight excluding hydrogens is 290 g/mol. The lowest BCUT2D eigenvalue weighted by molar-refractivity contribution is 0.154. The Bertz CT molecular complexity index is 586. The Morgan fingerprint density at radius 3 is 2.79 bits per heavy atom. The second-order valence-electron chi connectivity index (χ2n) is 4.30. The zero-order chi connectivity index (χ0) is 14.0. The van der Waals surface area contributed by atoms with Gasteiger partial charge in [-0.3, -0.25) is 0 Å². The van der Waals surface area contributed by atoms with Crippen LogP contribution in [-0.2, 0) is 10.6 Å². The highest BCUT2D eigenvalue weighted by molar-refractivity contribution is 6.31. The second kappa shape index (κ2) is 6.07. The van der Waals surface area contributed by atoms with Gasteiger partial charge in [-0.05, 0) is 12.5 Å². The molecule has 0 amide bonds. The van der Waals surface area contributed by atoms with Crippen LogP contribution in [0, 0.1) is 5.82 Å². The third kappa shape index (κ3) is 2.71. The quantitative estimate of drug-likeness (QED) is 0.775. The maximum Gasteiger partial charge on any atom is 0.144 e. The largest absolute Gasteiger partial charge is 0.383 e. The minimum Gasteiger partial charge on any atom is -0.383 e. The first kappa shape index (κ1) is 14.6. The molecule has 1 unspecified atom stereocenters. The Balaban J connectivity index is 2.65. The third-order valence-corrected chi connectivity index (χ3v) is 3.65. The second-order valence-corrected chi connectivity index (χ2v) is 4.98. The first-order valence-electron chi connectivity index (χ1n) is 6.03. The molecule has 2 aromatic rings. The minimum atomic E-state index is -0.472. The molecule has 0 radical (unpaired) electrons. The number of benzene rings is 1. The van der Waals surface area contributed by atoms with Gasteiger partial charge in [-0.1, -0.05) is 18.5 Å². The van der Waals surface area contributed by atoms with E-state index in [0.717, 1.165) is 11.9 Å². The number of imidazole rings is 1. The summed E-state index contributed by atoms with van der Waals surface area (Å²) in [4.78, 5) is 4.36. The number of halogens is 3. The van der Waals surface area contributed by atoms with E-state index in [1.807, 2.05) is 4.57 Å². The highest BCUT2D eigenvalue weighted by Crippen LogP contribution is 2.28. The predicted octanol–water partition coefficient (Wildman–Crippen LogP) is 4.17. The molecule has 104 valence electrons. The van der Waals surface area contributed by atoms with Crippen molar-refractivity contribution in [3.05, 3.63) is 28.8 Å². The number of methoxy groups -OCH3 is 1. The fraction of sp³-hybridized carbons (Fsp3) is 0.462. The first-order valence-corrected chi connectivity index (χ1v) is 6.94. The highest BCUT2D eigenvalue weighted by atomic mass is 35.5. The third-order valence-electron chi connectivity index (χ3n) is 3.12. The van der Waals surface area contributed by atoms with Crippen LogP contribution in [0.5, 0.6) is 0 Å². The Labute approximate surface area is 121 Å². The number of fused-ring (bicyclic) bond motifs is 1. The molecule has 0 fully saturated rings. The molecule has 0 bridgehead atoms. The molecule has 1 atom stereocenters. The molecule has 0 N–H and O–H groups in total. The minimum absolute atomic E-state index is 0.0852. The zero-order valence-corrected chi connectivity index (χ0v) is 12.3. The molecule has 0 aliphatic carbocycles. The number of alkyl halides is 1. The Kier molecular flexibility index (Phi) is 4.66. The number of hydrogen-bond acceptors (Lipinski definition) is 2. The van der Waals surface area contributed by atoms with Gasteiger partial charge < -0.3 is 9.30 Å². The summed E-state index contributed by atoms with van der Waals surface area (Å²) in [5, 5.41) is 0.0852. The van der Waals surface area contributed by atoms with E-state index < -0.39 is 5.82 Å². The van der Waals surface area contributed by atoms with E-state index in [4.69, 9.17) is 27.9 Å². The molecule has 19 heavy (non-hydrogen) atoms. The van der Waals surface area contributed by atoms with Gasteiger partial charge in [0.1, 0.15) is 11.6 Å². The molecule has 2 rings (SSSR count). The fourth-order valence-electron chi connectivity index (χ4n) is 2.21. The van der Waals surface area contributed by atoms with Gasteiger partial charge in [0, 0.05) is 13.2 Å². The van der Waals surface area contributed by atoms with Crippen LogP contribution in [0.2, 0.25) is 5.02 Å². The standard InChI is InChI=1S/C13H15Cl2FN2O/c1-3-8(7-19-2)18-12-4-9(15)10(16)5-11(12)17-13(18)6-14/h4-5,8H,3,6-7H2,1-2H3. The van der Waals surface area contributed by atoms with Gasteiger partial charge in [0.05, 0.1) is 34.6 Å². The zero-order valence-electron chi connectivity index (χ0n) is 10.8. The lowest BCUT2D eigenvalue weighted by Crippen LogP contribution is -2.16. The van der Waals surface area contributed by atoms with Gasteiger partial charge in [-0.25, -0.2) is 9.37 Å². The molecule has 0 saturated carbocycles. The summed E-state index contributed by atoms with van der Waals surface area (Å²) in [6.45, 7) is 2.60. The molecule has 3 nitrogen and oxygen atoms in total. The molecule has 0 aliphatic heterocycles. The van der Waals surface area contributed by atoms with Crippen molar-refractivity contribution in [2.75, 3.05) is 13.7 Å². The normalized spacial score (nSPS) is 13.1. The van der Waals surface area contributed by atoms with E-state index in [2.05, 4.69) is 11.9 Å². The SMILES string of the molecule is CCC(COC)n1c(CCl)nc2cc(F)c(Cl)cc21. The summed E-state index contributed by atoms with van der Waals surface area (Å²) in [6.07, 6.45) is 0.859. The van der Waals surface area contributed by atoms with E-state index in [1.165, 1.54) is 6.07 Å². The molecule has 6 heteroatoms. The topological polar surface area (TPSA) is 27.1 Å². The number of hydrogen-bond donors (Lipinski definition) is 0. The average molecular weight is 305 g/mol. The van der Waals surface area contributed by atoms with E-state index in [-0.39, 0.29) is 16.9 Å². The van der Waals surface area contributed by atoms with Gasteiger partial charge in [0.2, 0.25) is 0 Å². The lowest BCUT2D eigenvalue weighted by atomic mass is 10.2. The monoisotopic (exact) mass is 304 g/mol. The summed E-state index contributed by atoms with van der Waals surface area (Å²) in [7, 11) is 1.65. The van der Waals surface area contributed by atoms with Crippen molar-refractivity contribution in [3.8, 4) is 0 Å². The molecule has 0 spiro atoms. The fourth-order valence-corrected chi connectivity index (χ4v) is 2.56. The van der Waals surface area contributed by atoms with Crippen LogP contribution in [-0.4, -0.2) is 23.3 Å². The highest BCUT2D eigenvalue weighted by Gasteiger charge is 2.19. The predicted molar refractivity (Wildman–Crippen MR) is 75.5 cm³/mol. The number of nitrogens with zero attached hydrogens (tertiary/aromatic N) is 2. The van der Waals surface area contributed by atoms with Gasteiger partial charge in [0.15, 0.2) is 0 Å². The Morgan fingerprint density at radius 1 is 1.47 bits per heavy atom. The molecular formula is C13H15Cl2FN2O. The van der Waals surface area contributed by atoms with Crippen LogP contribution in [0.3, 0.4) is 0 Å². The van der Waals surface area contributed by atoms with E-state index >= 15 is 0 Å². The first-order chi connectivity index (χ1) is 9.12. The summed E-state index contributed by atoms with van der Waals surface area (Å²) in [5.41, 5.74) is 1.35. The maximum atomic E-state index is 13.5. The van der Waals surface area contributed by atoms with Gasteiger partial charge in [-0.2, -0.15) is 0 Å². The Morgan fingerprint density at radius 2 is 2.21 bits per heavy atom. The van der Waals surface area contributed by atoms with Crippen LogP contribution in [0.4, 0.5) is 4.39 Å². The molecule has 1 aromatic carbocycles. The molecule has 0 aliphatic rings.